The molecule has 1 heteroatoms. The highest BCUT2D eigenvalue weighted by atomic mass is 14.9. The molecule has 0 bridgehead atoms. The maximum absolute atomic E-state index is 2.45. The van der Waals surface area contributed by atoms with Gasteiger partial charge in [0.05, 0.1) is 0 Å². The lowest BCUT2D eigenvalue weighted by atomic mass is 9.63. The number of aromatic nitrogens is 1. The zero-order valence-corrected chi connectivity index (χ0v) is 15.7. The van der Waals surface area contributed by atoms with Crippen LogP contribution in [0.4, 0.5) is 0 Å². The molecule has 0 amide bonds. The van der Waals surface area contributed by atoms with Crippen molar-refractivity contribution in [2.75, 3.05) is 0 Å². The van der Waals surface area contributed by atoms with E-state index in [-0.39, 0.29) is 10.8 Å². The van der Waals surface area contributed by atoms with E-state index in [9.17, 15) is 0 Å². The van der Waals surface area contributed by atoms with Crippen molar-refractivity contribution in [3.05, 3.63) is 53.2 Å². The van der Waals surface area contributed by atoms with Crippen molar-refractivity contribution in [2.24, 2.45) is 12.5 Å². The highest BCUT2D eigenvalue weighted by molar-refractivity contribution is 5.63. The first-order valence-corrected chi connectivity index (χ1v) is 8.84. The van der Waals surface area contributed by atoms with Gasteiger partial charge in [-0.25, -0.2) is 4.57 Å². The Morgan fingerprint density at radius 2 is 1.78 bits per heavy atom. The number of hydrogen-bond acceptors (Lipinski definition) is 0. The van der Waals surface area contributed by atoms with Gasteiger partial charge < -0.3 is 0 Å². The van der Waals surface area contributed by atoms with Gasteiger partial charge in [-0.15, -0.1) is 0 Å². The van der Waals surface area contributed by atoms with Gasteiger partial charge in [0.25, 0.3) is 0 Å². The van der Waals surface area contributed by atoms with Gasteiger partial charge in [-0.1, -0.05) is 52.8 Å². The molecule has 0 saturated heterocycles. The number of hydrogen-bond donors (Lipinski definition) is 0. The summed E-state index contributed by atoms with van der Waals surface area (Å²) in [6.07, 6.45) is 3.58. The smallest absolute Gasteiger partial charge is 0.201 e. The Labute approximate surface area is 141 Å². The lowest BCUT2D eigenvalue weighted by molar-refractivity contribution is -0.661. The SMILES string of the molecule is CCC1(C)c2c[n+](C)c(-c3ccccc3C)cc2C(C)C1(C)C. The van der Waals surface area contributed by atoms with Crippen LogP contribution >= 0.6 is 0 Å². The second-order valence-corrected chi connectivity index (χ2v) is 8.08. The van der Waals surface area contributed by atoms with Gasteiger partial charge in [0.1, 0.15) is 7.05 Å². The van der Waals surface area contributed by atoms with Gasteiger partial charge in [-0.3, -0.25) is 0 Å². The third kappa shape index (κ3) is 2.09. The van der Waals surface area contributed by atoms with Gasteiger partial charge in [0.15, 0.2) is 6.20 Å². The van der Waals surface area contributed by atoms with E-state index in [1.807, 2.05) is 0 Å². The molecular weight excluding hydrogens is 278 g/mol. The Morgan fingerprint density at radius 3 is 2.39 bits per heavy atom. The van der Waals surface area contributed by atoms with Gasteiger partial charge in [0, 0.05) is 22.6 Å². The van der Waals surface area contributed by atoms with Crippen LogP contribution in [-0.2, 0) is 12.5 Å². The second kappa shape index (κ2) is 5.19. The third-order valence-corrected chi connectivity index (χ3v) is 7.00. The number of aryl methyl sites for hydroxylation is 2. The van der Waals surface area contributed by atoms with Crippen LogP contribution in [0.1, 0.15) is 63.6 Å². The lowest BCUT2D eigenvalue weighted by Gasteiger charge is -2.40. The average Bonchev–Trinajstić information content (AvgIpc) is 2.66. The standard InChI is InChI=1S/C22H30N/c1-8-22(6)19-14-23(7)20(17-12-10-9-11-15(17)2)13-18(19)16(3)21(22,4)5/h9-14,16H,8H2,1-7H3/q+1. The van der Waals surface area contributed by atoms with E-state index in [0.29, 0.717) is 5.92 Å². The molecule has 2 atom stereocenters. The van der Waals surface area contributed by atoms with Crippen molar-refractivity contribution in [1.82, 2.24) is 0 Å². The number of fused-ring (bicyclic) bond motifs is 1. The molecule has 1 aliphatic carbocycles. The van der Waals surface area contributed by atoms with Crippen LogP contribution in [-0.4, -0.2) is 0 Å². The number of rotatable bonds is 2. The minimum atomic E-state index is 0.240. The van der Waals surface area contributed by atoms with Gasteiger partial charge in [-0.2, -0.15) is 0 Å². The van der Waals surface area contributed by atoms with E-state index in [1.54, 1.807) is 0 Å². The van der Waals surface area contributed by atoms with Crippen molar-refractivity contribution in [3.63, 3.8) is 0 Å². The summed E-state index contributed by atoms with van der Waals surface area (Å²) in [5, 5.41) is 0. The Bertz CT molecular complexity index is 757. The summed E-state index contributed by atoms with van der Waals surface area (Å²) < 4.78 is 2.32. The summed E-state index contributed by atoms with van der Waals surface area (Å²) in [6.45, 7) is 14.3. The van der Waals surface area contributed by atoms with Crippen molar-refractivity contribution < 1.29 is 4.57 Å². The van der Waals surface area contributed by atoms with Crippen LogP contribution in [0.3, 0.4) is 0 Å². The van der Waals surface area contributed by atoms with E-state index in [4.69, 9.17) is 0 Å². The van der Waals surface area contributed by atoms with Gasteiger partial charge in [-0.05, 0) is 41.9 Å². The maximum atomic E-state index is 2.45. The molecule has 1 aromatic heterocycles. The first-order chi connectivity index (χ1) is 10.7. The fraction of sp³-hybridized carbons (Fsp3) is 0.500. The minimum Gasteiger partial charge on any atom is -0.201 e. The largest absolute Gasteiger partial charge is 0.212 e. The lowest BCUT2D eigenvalue weighted by Crippen LogP contribution is -2.38. The first kappa shape index (κ1) is 16.2. The molecule has 0 radical (unpaired) electrons. The summed E-state index contributed by atoms with van der Waals surface area (Å²) in [5.74, 6) is 0.575. The molecule has 0 fully saturated rings. The Morgan fingerprint density at radius 1 is 1.13 bits per heavy atom. The molecular formula is C22H30N+. The zero-order valence-electron chi connectivity index (χ0n) is 15.7. The number of nitrogens with zero attached hydrogens (tertiary/aromatic N) is 1. The van der Waals surface area contributed by atoms with E-state index in [2.05, 4.69) is 89.7 Å². The summed E-state index contributed by atoms with van der Waals surface area (Å²) >= 11 is 0. The summed E-state index contributed by atoms with van der Waals surface area (Å²) in [6, 6.07) is 11.1. The highest BCUT2D eigenvalue weighted by Crippen LogP contribution is 2.59. The molecule has 1 nitrogen and oxygen atoms in total. The maximum Gasteiger partial charge on any atom is 0.212 e. The molecule has 0 spiro atoms. The van der Waals surface area contributed by atoms with Gasteiger partial charge in [0.2, 0.25) is 5.69 Å². The van der Waals surface area contributed by atoms with Crippen molar-refractivity contribution >= 4 is 0 Å². The molecule has 3 rings (SSSR count). The molecule has 0 aliphatic heterocycles. The molecule has 1 heterocycles. The molecule has 2 unspecified atom stereocenters. The predicted molar refractivity (Wildman–Crippen MR) is 97.6 cm³/mol. The normalized spacial score (nSPS) is 25.4. The fourth-order valence-corrected chi connectivity index (χ4v) is 4.47. The van der Waals surface area contributed by atoms with E-state index < -0.39 is 0 Å². The van der Waals surface area contributed by atoms with Crippen LogP contribution in [0.15, 0.2) is 36.5 Å². The predicted octanol–water partition coefficient (Wildman–Crippen LogP) is 5.30. The molecule has 1 aromatic carbocycles. The van der Waals surface area contributed by atoms with Crippen LogP contribution < -0.4 is 4.57 Å². The average molecular weight is 308 g/mol. The zero-order chi connectivity index (χ0) is 17.0. The Kier molecular flexibility index (Phi) is 3.66. The minimum absolute atomic E-state index is 0.240. The molecule has 23 heavy (non-hydrogen) atoms. The summed E-state index contributed by atoms with van der Waals surface area (Å²) in [5.41, 5.74) is 7.60. The van der Waals surface area contributed by atoms with E-state index in [0.717, 1.165) is 0 Å². The van der Waals surface area contributed by atoms with Crippen molar-refractivity contribution in [1.29, 1.82) is 0 Å². The highest BCUT2D eigenvalue weighted by Gasteiger charge is 2.53. The number of pyridine rings is 1. The van der Waals surface area contributed by atoms with Crippen LogP contribution in [0.5, 0.6) is 0 Å². The topological polar surface area (TPSA) is 3.88 Å². The summed E-state index contributed by atoms with van der Waals surface area (Å²) in [7, 11) is 2.19. The number of benzene rings is 1. The van der Waals surface area contributed by atoms with Crippen LogP contribution in [0.2, 0.25) is 0 Å². The third-order valence-electron chi connectivity index (χ3n) is 7.00. The van der Waals surface area contributed by atoms with E-state index >= 15 is 0 Å². The quantitative estimate of drug-likeness (QED) is 0.663. The van der Waals surface area contributed by atoms with Crippen molar-refractivity contribution in [2.45, 2.75) is 59.3 Å². The van der Waals surface area contributed by atoms with Gasteiger partial charge >= 0.3 is 0 Å². The Balaban J connectivity index is 2.26. The molecule has 2 aromatic rings. The molecule has 0 saturated carbocycles. The van der Waals surface area contributed by atoms with Crippen molar-refractivity contribution in [3.8, 4) is 11.3 Å². The van der Waals surface area contributed by atoms with Crippen LogP contribution in [0, 0.1) is 12.3 Å². The molecule has 1 aliphatic rings. The molecule has 122 valence electrons. The Hall–Kier alpha value is -1.63. The first-order valence-electron chi connectivity index (χ1n) is 8.84. The second-order valence-electron chi connectivity index (χ2n) is 8.08. The summed E-state index contributed by atoms with van der Waals surface area (Å²) in [4.78, 5) is 0. The fourth-order valence-electron chi connectivity index (χ4n) is 4.47. The van der Waals surface area contributed by atoms with E-state index in [1.165, 1.54) is 34.4 Å². The monoisotopic (exact) mass is 308 g/mol. The molecule has 0 N–H and O–H groups in total. The van der Waals surface area contributed by atoms with Crippen LogP contribution in [0.25, 0.3) is 11.3 Å².